The minimum Gasteiger partial charge on any atom is -0.394 e. The van der Waals surface area contributed by atoms with Crippen LogP contribution in [0.25, 0.3) is 5.69 Å². The van der Waals surface area contributed by atoms with Crippen LogP contribution in [0, 0.1) is 0 Å². The highest BCUT2D eigenvalue weighted by Gasteiger charge is 2.13. The molecule has 2 rings (SSSR count). The van der Waals surface area contributed by atoms with Gasteiger partial charge in [0.05, 0.1) is 36.6 Å². The number of imidazole rings is 1. The molecule has 0 amide bonds. The summed E-state index contributed by atoms with van der Waals surface area (Å²) in [5.41, 5.74) is 8.95. The molecule has 96 valence electrons. The van der Waals surface area contributed by atoms with Gasteiger partial charge in [0.1, 0.15) is 0 Å². The van der Waals surface area contributed by atoms with Crippen LogP contribution in [-0.4, -0.2) is 21.3 Å². The number of aliphatic hydroxyl groups excluding tert-OH is 1. The average Bonchev–Trinajstić information content (AvgIpc) is 2.86. The zero-order chi connectivity index (χ0) is 13.1. The maximum atomic E-state index is 9.17. The highest BCUT2D eigenvalue weighted by Crippen LogP contribution is 2.23. The quantitative estimate of drug-likeness (QED) is 0.910. The summed E-state index contributed by atoms with van der Waals surface area (Å²) in [6.45, 7) is 2.01. The molecule has 0 saturated carbocycles. The molecule has 0 saturated heterocycles. The summed E-state index contributed by atoms with van der Waals surface area (Å²) in [5, 5.41) is 9.17. The molecule has 1 heterocycles. The maximum Gasteiger partial charge on any atom is 0.0994 e. The van der Waals surface area contributed by atoms with E-state index in [1.54, 1.807) is 12.5 Å². The lowest BCUT2D eigenvalue weighted by Gasteiger charge is -2.15. The molecule has 2 aromatic rings. The van der Waals surface area contributed by atoms with Crippen molar-refractivity contribution in [2.24, 2.45) is 5.73 Å². The second-order valence-electron chi connectivity index (χ2n) is 4.10. The molecule has 0 radical (unpaired) electrons. The summed E-state index contributed by atoms with van der Waals surface area (Å²) < 4.78 is 2.99. The van der Waals surface area contributed by atoms with Gasteiger partial charge in [-0.1, -0.05) is 22.9 Å². The van der Waals surface area contributed by atoms with Crippen molar-refractivity contribution in [1.29, 1.82) is 0 Å². The van der Waals surface area contributed by atoms with Crippen molar-refractivity contribution in [3.05, 3.63) is 46.5 Å². The zero-order valence-corrected chi connectivity index (χ0v) is 11.8. The first-order chi connectivity index (χ1) is 8.67. The van der Waals surface area contributed by atoms with E-state index in [4.69, 9.17) is 5.73 Å². The van der Waals surface area contributed by atoms with Gasteiger partial charge < -0.3 is 15.4 Å². The predicted octanol–water partition coefficient (Wildman–Crippen LogP) is 2.19. The molecule has 0 spiro atoms. The highest BCUT2D eigenvalue weighted by molar-refractivity contribution is 9.10. The molecule has 0 fully saturated rings. The summed E-state index contributed by atoms with van der Waals surface area (Å²) in [6.07, 6.45) is 4.34. The molecule has 5 heteroatoms. The third-order valence-corrected chi connectivity index (χ3v) is 3.42. The molecular formula is C13H16BrN3O. The Kier molecular flexibility index (Phi) is 4.16. The molecule has 1 atom stereocenters. The third-order valence-electron chi connectivity index (χ3n) is 2.93. The first-order valence-corrected chi connectivity index (χ1v) is 6.64. The van der Waals surface area contributed by atoms with Crippen molar-refractivity contribution < 1.29 is 5.11 Å². The van der Waals surface area contributed by atoms with Crippen molar-refractivity contribution in [2.75, 3.05) is 6.61 Å². The third kappa shape index (κ3) is 2.48. The summed E-state index contributed by atoms with van der Waals surface area (Å²) in [5.74, 6) is 0. The smallest absolute Gasteiger partial charge is 0.0994 e. The lowest BCUT2D eigenvalue weighted by Crippen LogP contribution is -2.18. The minimum atomic E-state index is -0.416. The Labute approximate surface area is 115 Å². The molecule has 0 bridgehead atoms. The molecule has 1 unspecified atom stereocenters. The fourth-order valence-corrected chi connectivity index (χ4v) is 2.36. The molecular weight excluding hydrogens is 294 g/mol. The largest absolute Gasteiger partial charge is 0.394 e. The number of nitrogens with zero attached hydrogens (tertiary/aromatic N) is 2. The second kappa shape index (κ2) is 5.65. The Balaban J connectivity index is 2.52. The van der Waals surface area contributed by atoms with Crippen LogP contribution in [0.5, 0.6) is 0 Å². The Morgan fingerprint density at radius 2 is 2.28 bits per heavy atom. The van der Waals surface area contributed by atoms with E-state index in [1.165, 1.54) is 5.56 Å². The van der Waals surface area contributed by atoms with Crippen molar-refractivity contribution in [3.63, 3.8) is 0 Å². The Hall–Kier alpha value is -1.17. The van der Waals surface area contributed by atoms with Crippen LogP contribution in [0.2, 0.25) is 0 Å². The number of hydrogen-bond acceptors (Lipinski definition) is 3. The number of halogens is 1. The fourth-order valence-electron chi connectivity index (χ4n) is 1.95. The lowest BCUT2D eigenvalue weighted by atomic mass is 10.1. The Morgan fingerprint density at radius 1 is 1.50 bits per heavy atom. The van der Waals surface area contributed by atoms with Gasteiger partial charge in [0.2, 0.25) is 0 Å². The minimum absolute atomic E-state index is 0.0936. The van der Waals surface area contributed by atoms with Gasteiger partial charge >= 0.3 is 0 Å². The molecule has 0 aliphatic heterocycles. The number of benzene rings is 1. The van der Waals surface area contributed by atoms with Crippen LogP contribution in [0.4, 0.5) is 0 Å². The van der Waals surface area contributed by atoms with Gasteiger partial charge in [-0.3, -0.25) is 0 Å². The van der Waals surface area contributed by atoms with Gasteiger partial charge in [0, 0.05) is 4.47 Å². The van der Waals surface area contributed by atoms with E-state index in [0.29, 0.717) is 0 Å². The van der Waals surface area contributed by atoms with E-state index in [1.807, 2.05) is 16.7 Å². The van der Waals surface area contributed by atoms with Crippen LogP contribution in [-0.2, 0) is 6.42 Å². The van der Waals surface area contributed by atoms with Crippen LogP contribution in [0.3, 0.4) is 0 Å². The summed E-state index contributed by atoms with van der Waals surface area (Å²) >= 11 is 3.47. The van der Waals surface area contributed by atoms with Crippen LogP contribution >= 0.6 is 15.9 Å². The van der Waals surface area contributed by atoms with Crippen molar-refractivity contribution in [1.82, 2.24) is 9.55 Å². The van der Waals surface area contributed by atoms with E-state index >= 15 is 0 Å². The number of aliphatic hydroxyl groups is 1. The number of aryl methyl sites for hydroxylation is 1. The van der Waals surface area contributed by atoms with Gasteiger partial charge in [-0.15, -0.1) is 0 Å². The van der Waals surface area contributed by atoms with Gasteiger partial charge in [-0.25, -0.2) is 4.98 Å². The van der Waals surface area contributed by atoms with E-state index in [0.717, 1.165) is 22.3 Å². The van der Waals surface area contributed by atoms with Crippen molar-refractivity contribution in [3.8, 4) is 5.69 Å². The standard InChI is InChI=1S/C13H16BrN3O/c1-2-9-5-10(14)3-4-12(9)17-8-16-6-13(17)11(15)7-18/h3-6,8,11,18H,2,7,15H2,1H3. The predicted molar refractivity (Wildman–Crippen MR) is 74.7 cm³/mol. The molecule has 4 nitrogen and oxygen atoms in total. The number of hydrogen-bond donors (Lipinski definition) is 2. The van der Waals surface area contributed by atoms with Crippen LogP contribution in [0.1, 0.15) is 24.2 Å². The lowest BCUT2D eigenvalue weighted by molar-refractivity contribution is 0.265. The SMILES string of the molecule is CCc1cc(Br)ccc1-n1cncc1C(N)CO. The van der Waals surface area contributed by atoms with Gasteiger partial charge in [-0.05, 0) is 30.2 Å². The van der Waals surface area contributed by atoms with Crippen LogP contribution < -0.4 is 5.73 Å². The van der Waals surface area contributed by atoms with E-state index in [-0.39, 0.29) is 6.61 Å². The van der Waals surface area contributed by atoms with E-state index in [9.17, 15) is 5.11 Å². The van der Waals surface area contributed by atoms with Gasteiger partial charge in [0.25, 0.3) is 0 Å². The molecule has 1 aromatic heterocycles. The van der Waals surface area contributed by atoms with Gasteiger partial charge in [0.15, 0.2) is 0 Å². The molecule has 1 aromatic carbocycles. The normalized spacial score (nSPS) is 12.7. The van der Waals surface area contributed by atoms with Crippen molar-refractivity contribution in [2.45, 2.75) is 19.4 Å². The first kappa shape index (κ1) is 13.3. The fraction of sp³-hybridized carbons (Fsp3) is 0.308. The molecule has 0 aliphatic rings. The zero-order valence-electron chi connectivity index (χ0n) is 10.2. The summed E-state index contributed by atoms with van der Waals surface area (Å²) in [6, 6.07) is 5.69. The average molecular weight is 310 g/mol. The Morgan fingerprint density at radius 3 is 2.94 bits per heavy atom. The van der Waals surface area contributed by atoms with E-state index in [2.05, 4.69) is 33.9 Å². The van der Waals surface area contributed by atoms with E-state index < -0.39 is 6.04 Å². The maximum absolute atomic E-state index is 9.17. The Bertz CT molecular complexity index is 539. The number of nitrogens with two attached hydrogens (primary N) is 1. The highest BCUT2D eigenvalue weighted by atomic mass is 79.9. The number of aromatic nitrogens is 2. The first-order valence-electron chi connectivity index (χ1n) is 5.84. The molecule has 3 N–H and O–H groups in total. The summed E-state index contributed by atoms with van der Waals surface area (Å²) in [7, 11) is 0. The summed E-state index contributed by atoms with van der Waals surface area (Å²) in [4.78, 5) is 4.13. The second-order valence-corrected chi connectivity index (χ2v) is 5.02. The monoisotopic (exact) mass is 309 g/mol. The van der Waals surface area contributed by atoms with Crippen molar-refractivity contribution >= 4 is 15.9 Å². The van der Waals surface area contributed by atoms with Crippen LogP contribution in [0.15, 0.2) is 35.2 Å². The van der Waals surface area contributed by atoms with Gasteiger partial charge in [-0.2, -0.15) is 0 Å². The topological polar surface area (TPSA) is 64.1 Å². The molecule has 0 aliphatic carbocycles. The molecule has 18 heavy (non-hydrogen) atoms. The number of rotatable bonds is 4.